The van der Waals surface area contributed by atoms with Crippen LogP contribution in [0.15, 0.2) is 22.1 Å². The maximum Gasteiger partial charge on any atom is 0.254 e. The van der Waals surface area contributed by atoms with E-state index in [1.54, 1.807) is 6.07 Å². The summed E-state index contributed by atoms with van der Waals surface area (Å²) in [4.78, 5) is 16.2. The molecule has 0 saturated carbocycles. The molecule has 19 heavy (non-hydrogen) atoms. The molecule has 1 unspecified atom stereocenters. The fourth-order valence-corrected chi connectivity index (χ4v) is 2.24. The summed E-state index contributed by atoms with van der Waals surface area (Å²) in [5.74, 6) is 0.382. The third-order valence-corrected chi connectivity index (χ3v) is 3.45. The summed E-state index contributed by atoms with van der Waals surface area (Å²) in [7, 11) is 0. The van der Waals surface area contributed by atoms with Crippen molar-refractivity contribution in [2.24, 2.45) is 0 Å². The lowest BCUT2D eigenvalue weighted by atomic mass is 10.2. The molecule has 2 aromatic rings. The van der Waals surface area contributed by atoms with E-state index in [2.05, 4.69) is 10.3 Å². The third kappa shape index (κ3) is 3.42. The molecule has 0 radical (unpaired) electrons. The summed E-state index contributed by atoms with van der Waals surface area (Å²) in [6, 6.07) is 1.60. The van der Waals surface area contributed by atoms with Gasteiger partial charge < -0.3 is 14.8 Å². The van der Waals surface area contributed by atoms with E-state index in [1.165, 1.54) is 17.6 Å². The van der Waals surface area contributed by atoms with Gasteiger partial charge in [0, 0.05) is 18.0 Å². The Labute approximate surface area is 115 Å². The minimum atomic E-state index is -0.206. The maximum absolute atomic E-state index is 11.9. The maximum atomic E-state index is 11.9. The third-order valence-electron chi connectivity index (χ3n) is 2.67. The van der Waals surface area contributed by atoms with Crippen LogP contribution in [-0.4, -0.2) is 28.6 Å². The molecule has 2 rings (SSSR count). The molecule has 2 aromatic heterocycles. The number of hydrogen-bond acceptors (Lipinski definition) is 5. The van der Waals surface area contributed by atoms with Crippen molar-refractivity contribution in [1.82, 2.24) is 10.3 Å². The van der Waals surface area contributed by atoms with Gasteiger partial charge in [-0.1, -0.05) is 0 Å². The molecule has 5 nitrogen and oxygen atoms in total. The quantitative estimate of drug-likeness (QED) is 0.880. The monoisotopic (exact) mass is 280 g/mol. The number of furan rings is 1. The lowest BCUT2D eigenvalue weighted by molar-refractivity contribution is 0.0934. The van der Waals surface area contributed by atoms with Crippen molar-refractivity contribution in [3.63, 3.8) is 0 Å². The minimum absolute atomic E-state index is 0.0518. The fraction of sp³-hybridized carbons (Fsp3) is 0.385. The second kappa shape index (κ2) is 5.99. The lowest BCUT2D eigenvalue weighted by Gasteiger charge is -2.10. The van der Waals surface area contributed by atoms with Gasteiger partial charge in [0.25, 0.3) is 5.91 Å². The molecule has 0 bridgehead atoms. The van der Waals surface area contributed by atoms with Crippen molar-refractivity contribution in [2.45, 2.75) is 26.3 Å². The second-order valence-corrected chi connectivity index (χ2v) is 5.40. The van der Waals surface area contributed by atoms with Crippen LogP contribution >= 0.6 is 11.3 Å². The first-order chi connectivity index (χ1) is 9.10. The van der Waals surface area contributed by atoms with Crippen molar-refractivity contribution in [3.8, 4) is 11.5 Å². The molecular weight excluding hydrogens is 264 g/mol. The Morgan fingerprint density at radius 1 is 1.63 bits per heavy atom. The van der Waals surface area contributed by atoms with Gasteiger partial charge in [-0.25, -0.2) is 4.98 Å². The van der Waals surface area contributed by atoms with Crippen molar-refractivity contribution >= 4 is 17.2 Å². The highest BCUT2D eigenvalue weighted by atomic mass is 32.1. The molecule has 0 aliphatic carbocycles. The normalized spacial score (nSPS) is 12.4. The average molecular weight is 280 g/mol. The van der Waals surface area contributed by atoms with Crippen LogP contribution in [0.4, 0.5) is 0 Å². The highest BCUT2D eigenvalue weighted by Crippen LogP contribution is 2.23. The van der Waals surface area contributed by atoms with Crippen molar-refractivity contribution < 1.29 is 14.3 Å². The predicted octanol–water partition coefficient (Wildman–Crippen LogP) is 2.21. The fourth-order valence-electron chi connectivity index (χ4n) is 1.64. The zero-order valence-corrected chi connectivity index (χ0v) is 11.7. The number of thiazole rings is 1. The number of aliphatic hydroxyl groups is 1. The van der Waals surface area contributed by atoms with Gasteiger partial charge in [-0.05, 0) is 26.3 Å². The number of carbonyl (C=O) groups is 1. The Kier molecular flexibility index (Phi) is 4.34. The van der Waals surface area contributed by atoms with Crippen molar-refractivity contribution in [2.75, 3.05) is 6.61 Å². The van der Waals surface area contributed by atoms with Gasteiger partial charge in [0.15, 0.2) is 5.76 Å². The number of aryl methyl sites for hydroxylation is 1. The first-order valence-corrected chi connectivity index (χ1v) is 6.91. The van der Waals surface area contributed by atoms with E-state index in [9.17, 15) is 4.79 Å². The molecule has 0 aliphatic rings. The molecular formula is C13H16N2O3S. The summed E-state index contributed by atoms with van der Waals surface area (Å²) in [5.41, 5.74) is 1.20. The molecule has 0 aromatic carbocycles. The van der Waals surface area contributed by atoms with Crippen molar-refractivity contribution in [1.29, 1.82) is 0 Å². The highest BCUT2D eigenvalue weighted by molar-refractivity contribution is 7.09. The smallest absolute Gasteiger partial charge is 0.254 e. The Bertz CT molecular complexity index is 562. The molecule has 1 amide bonds. The molecule has 2 heterocycles. The number of amides is 1. The highest BCUT2D eigenvalue weighted by Gasteiger charge is 2.14. The summed E-state index contributed by atoms with van der Waals surface area (Å²) >= 11 is 1.53. The largest absolute Gasteiger partial charge is 0.462 e. The molecule has 0 spiro atoms. The van der Waals surface area contributed by atoms with Crippen LogP contribution in [0, 0.1) is 6.92 Å². The van der Waals surface area contributed by atoms with E-state index < -0.39 is 0 Å². The number of nitrogens with zero attached hydrogens (tertiary/aromatic N) is 1. The van der Waals surface area contributed by atoms with Crippen LogP contribution in [0.25, 0.3) is 11.5 Å². The van der Waals surface area contributed by atoms with Gasteiger partial charge in [-0.2, -0.15) is 0 Å². The van der Waals surface area contributed by atoms with Crippen LogP contribution in [0.2, 0.25) is 0 Å². The topological polar surface area (TPSA) is 75.4 Å². The summed E-state index contributed by atoms with van der Waals surface area (Å²) in [6.45, 7) is 3.82. The van der Waals surface area contributed by atoms with E-state index >= 15 is 0 Å². The SMILES string of the molecule is Cc1nc(-c2cc(C(=O)NC(C)CCO)co2)cs1. The standard InChI is InChI=1S/C13H16N2O3S/c1-8(3-4-16)14-13(17)10-5-12(18-6-10)11-7-19-9(2)15-11/h5-8,16H,3-4H2,1-2H3,(H,14,17). The van der Waals surface area contributed by atoms with E-state index in [-0.39, 0.29) is 18.6 Å². The molecule has 1 atom stereocenters. The minimum Gasteiger partial charge on any atom is -0.462 e. The van der Waals surface area contributed by atoms with Crippen molar-refractivity contribution in [3.05, 3.63) is 28.3 Å². The Hall–Kier alpha value is -1.66. The van der Waals surface area contributed by atoms with Crippen LogP contribution in [0.1, 0.15) is 28.7 Å². The van der Waals surface area contributed by atoms with E-state index in [0.29, 0.717) is 17.7 Å². The molecule has 2 N–H and O–H groups in total. The van der Waals surface area contributed by atoms with Gasteiger partial charge in [0.05, 0.1) is 10.6 Å². The van der Waals surface area contributed by atoms with Gasteiger partial charge in [-0.15, -0.1) is 11.3 Å². The molecule has 0 aliphatic heterocycles. The summed E-state index contributed by atoms with van der Waals surface area (Å²) in [5, 5.41) is 14.4. The Balaban J connectivity index is 2.06. The number of aromatic nitrogens is 1. The first-order valence-electron chi connectivity index (χ1n) is 6.03. The van der Waals surface area contributed by atoms with Crippen LogP contribution in [0.3, 0.4) is 0 Å². The average Bonchev–Trinajstić information content (AvgIpc) is 2.97. The molecule has 0 saturated heterocycles. The zero-order chi connectivity index (χ0) is 13.8. The number of rotatable bonds is 5. The number of nitrogens with one attached hydrogen (secondary N) is 1. The van der Waals surface area contributed by atoms with Crippen LogP contribution < -0.4 is 5.32 Å². The second-order valence-electron chi connectivity index (χ2n) is 4.34. The van der Waals surface area contributed by atoms with Gasteiger partial charge in [-0.3, -0.25) is 4.79 Å². The van der Waals surface area contributed by atoms with Crippen LogP contribution in [-0.2, 0) is 0 Å². The van der Waals surface area contributed by atoms with E-state index in [4.69, 9.17) is 9.52 Å². The van der Waals surface area contributed by atoms with E-state index in [1.807, 2.05) is 19.2 Å². The number of aliphatic hydroxyl groups excluding tert-OH is 1. The summed E-state index contributed by atoms with van der Waals surface area (Å²) < 4.78 is 5.36. The molecule has 0 fully saturated rings. The van der Waals surface area contributed by atoms with Gasteiger partial charge >= 0.3 is 0 Å². The first kappa shape index (κ1) is 13.8. The Morgan fingerprint density at radius 2 is 2.42 bits per heavy atom. The number of carbonyl (C=O) groups excluding carboxylic acids is 1. The van der Waals surface area contributed by atoms with E-state index in [0.717, 1.165) is 10.7 Å². The zero-order valence-electron chi connectivity index (χ0n) is 10.8. The lowest BCUT2D eigenvalue weighted by Crippen LogP contribution is -2.32. The number of hydrogen-bond donors (Lipinski definition) is 2. The van der Waals surface area contributed by atoms with Crippen LogP contribution in [0.5, 0.6) is 0 Å². The Morgan fingerprint density at radius 3 is 3.05 bits per heavy atom. The predicted molar refractivity (Wildman–Crippen MR) is 73.2 cm³/mol. The van der Waals surface area contributed by atoms with Gasteiger partial charge in [0.2, 0.25) is 0 Å². The molecule has 6 heteroatoms. The summed E-state index contributed by atoms with van der Waals surface area (Å²) in [6.07, 6.45) is 1.95. The van der Waals surface area contributed by atoms with Gasteiger partial charge in [0.1, 0.15) is 12.0 Å². The molecule has 102 valence electrons.